The Kier molecular flexibility index (Phi) is 4.51. The molecule has 0 heterocycles. The number of ether oxygens (including phenoxy) is 1. The van der Waals surface area contributed by atoms with Crippen molar-refractivity contribution in [3.05, 3.63) is 29.3 Å². The van der Waals surface area contributed by atoms with E-state index in [0.29, 0.717) is 5.92 Å². The number of hydrogen-bond acceptors (Lipinski definition) is 2. The quantitative estimate of drug-likeness (QED) is 0.877. The molecule has 0 bridgehead atoms. The van der Waals surface area contributed by atoms with E-state index in [0.717, 1.165) is 5.75 Å². The third-order valence-electron chi connectivity index (χ3n) is 4.59. The Morgan fingerprint density at radius 1 is 1.16 bits per heavy atom. The van der Waals surface area contributed by atoms with E-state index in [1.165, 1.54) is 43.2 Å². The second-order valence-corrected chi connectivity index (χ2v) is 6.00. The van der Waals surface area contributed by atoms with Gasteiger partial charge in [-0.15, -0.1) is 0 Å². The minimum absolute atomic E-state index is 0.175. The van der Waals surface area contributed by atoms with E-state index in [-0.39, 0.29) is 5.54 Å². The van der Waals surface area contributed by atoms with Crippen LogP contribution < -0.4 is 10.1 Å². The van der Waals surface area contributed by atoms with Crippen LogP contribution in [0, 0.1) is 0 Å². The molecule has 2 rings (SSSR count). The Morgan fingerprint density at radius 3 is 2.37 bits per heavy atom. The van der Waals surface area contributed by atoms with Crippen molar-refractivity contribution in [2.45, 2.75) is 57.4 Å². The lowest BCUT2D eigenvalue weighted by atomic mass is 9.76. The summed E-state index contributed by atoms with van der Waals surface area (Å²) in [5, 5.41) is 3.60. The van der Waals surface area contributed by atoms with Crippen LogP contribution in [0.3, 0.4) is 0 Å². The summed E-state index contributed by atoms with van der Waals surface area (Å²) < 4.78 is 5.50. The summed E-state index contributed by atoms with van der Waals surface area (Å²) in [7, 11) is 3.86. The van der Waals surface area contributed by atoms with Crippen LogP contribution in [-0.4, -0.2) is 14.2 Å². The average Bonchev–Trinajstić information content (AvgIpc) is 2.47. The lowest BCUT2D eigenvalue weighted by Crippen LogP contribution is -2.41. The summed E-state index contributed by atoms with van der Waals surface area (Å²) in [5.41, 5.74) is 2.92. The van der Waals surface area contributed by atoms with Gasteiger partial charge in [-0.2, -0.15) is 0 Å². The van der Waals surface area contributed by atoms with Crippen LogP contribution in [0.1, 0.15) is 63.0 Å². The van der Waals surface area contributed by atoms with Gasteiger partial charge < -0.3 is 10.1 Å². The minimum Gasteiger partial charge on any atom is -0.496 e. The molecule has 1 aliphatic rings. The zero-order valence-corrected chi connectivity index (χ0v) is 12.8. The molecule has 106 valence electrons. The van der Waals surface area contributed by atoms with Gasteiger partial charge in [0.1, 0.15) is 5.75 Å². The van der Waals surface area contributed by atoms with E-state index in [2.05, 4.69) is 44.4 Å². The highest BCUT2D eigenvalue weighted by Gasteiger charge is 2.32. The fourth-order valence-corrected chi connectivity index (χ4v) is 3.32. The molecule has 0 atom stereocenters. The van der Waals surface area contributed by atoms with E-state index < -0.39 is 0 Å². The molecule has 0 radical (unpaired) electrons. The van der Waals surface area contributed by atoms with Crippen molar-refractivity contribution in [3.8, 4) is 5.75 Å². The first-order valence-electron chi connectivity index (χ1n) is 7.50. The summed E-state index contributed by atoms with van der Waals surface area (Å²) >= 11 is 0. The van der Waals surface area contributed by atoms with Gasteiger partial charge in [-0.25, -0.2) is 0 Å². The number of methoxy groups -OCH3 is 1. The van der Waals surface area contributed by atoms with Crippen LogP contribution >= 0.6 is 0 Å². The standard InChI is InChI=1S/C17H27NO/c1-13(2)15-12-14(8-9-16(15)19-4)17(18-3)10-6-5-7-11-17/h8-9,12-13,18H,5-7,10-11H2,1-4H3. The summed E-state index contributed by atoms with van der Waals surface area (Å²) in [5.74, 6) is 1.51. The van der Waals surface area contributed by atoms with Gasteiger partial charge in [-0.1, -0.05) is 39.2 Å². The molecular formula is C17H27NO. The number of rotatable bonds is 4. The van der Waals surface area contributed by atoms with Crippen molar-refractivity contribution < 1.29 is 4.74 Å². The van der Waals surface area contributed by atoms with Gasteiger partial charge in [0.25, 0.3) is 0 Å². The van der Waals surface area contributed by atoms with E-state index >= 15 is 0 Å². The lowest BCUT2D eigenvalue weighted by molar-refractivity contribution is 0.250. The highest BCUT2D eigenvalue weighted by Crippen LogP contribution is 2.39. The fourth-order valence-electron chi connectivity index (χ4n) is 3.32. The van der Waals surface area contributed by atoms with Gasteiger partial charge in [0.05, 0.1) is 7.11 Å². The maximum absolute atomic E-state index is 5.50. The molecule has 1 aromatic rings. The molecule has 1 saturated carbocycles. The molecule has 2 nitrogen and oxygen atoms in total. The second-order valence-electron chi connectivity index (χ2n) is 6.00. The molecule has 0 aromatic heterocycles. The first-order chi connectivity index (χ1) is 9.13. The van der Waals surface area contributed by atoms with Crippen molar-refractivity contribution in [1.82, 2.24) is 5.32 Å². The fraction of sp³-hybridized carbons (Fsp3) is 0.647. The van der Waals surface area contributed by atoms with Crippen molar-refractivity contribution in [2.24, 2.45) is 0 Å². The van der Waals surface area contributed by atoms with Gasteiger partial charge in [0.15, 0.2) is 0 Å². The lowest BCUT2D eigenvalue weighted by Gasteiger charge is -2.38. The highest BCUT2D eigenvalue weighted by atomic mass is 16.5. The van der Waals surface area contributed by atoms with Crippen LogP contribution in [0.5, 0.6) is 5.75 Å². The molecule has 1 aromatic carbocycles. The molecule has 19 heavy (non-hydrogen) atoms. The minimum atomic E-state index is 0.175. The average molecular weight is 261 g/mol. The first kappa shape index (κ1) is 14.4. The van der Waals surface area contributed by atoms with E-state index in [1.54, 1.807) is 7.11 Å². The Labute approximate surface area is 117 Å². The largest absolute Gasteiger partial charge is 0.496 e. The molecule has 0 aliphatic heterocycles. The van der Waals surface area contributed by atoms with Crippen molar-refractivity contribution in [3.63, 3.8) is 0 Å². The SMILES string of the molecule is CNC1(c2ccc(OC)c(C(C)C)c2)CCCCC1. The van der Waals surface area contributed by atoms with Crippen LogP contribution in [-0.2, 0) is 5.54 Å². The van der Waals surface area contributed by atoms with Crippen molar-refractivity contribution in [2.75, 3.05) is 14.2 Å². The predicted molar refractivity (Wildman–Crippen MR) is 80.9 cm³/mol. The Balaban J connectivity index is 2.40. The topological polar surface area (TPSA) is 21.3 Å². The molecule has 0 spiro atoms. The monoisotopic (exact) mass is 261 g/mol. The van der Waals surface area contributed by atoms with Crippen LogP contribution in [0.2, 0.25) is 0 Å². The van der Waals surface area contributed by atoms with E-state index in [1.807, 2.05) is 0 Å². The molecule has 0 amide bonds. The molecule has 2 heteroatoms. The van der Waals surface area contributed by atoms with Gasteiger partial charge >= 0.3 is 0 Å². The smallest absolute Gasteiger partial charge is 0.122 e. The predicted octanol–water partition coefficient (Wildman–Crippen LogP) is 4.20. The molecule has 0 saturated heterocycles. The Hall–Kier alpha value is -1.02. The van der Waals surface area contributed by atoms with Gasteiger partial charge in [-0.3, -0.25) is 0 Å². The van der Waals surface area contributed by atoms with Gasteiger partial charge in [0.2, 0.25) is 0 Å². The van der Waals surface area contributed by atoms with E-state index in [9.17, 15) is 0 Å². The van der Waals surface area contributed by atoms with Crippen molar-refractivity contribution >= 4 is 0 Å². The summed E-state index contributed by atoms with van der Waals surface area (Å²) in [6, 6.07) is 6.73. The molecule has 1 N–H and O–H groups in total. The Bertz CT molecular complexity index is 419. The van der Waals surface area contributed by atoms with Crippen molar-refractivity contribution in [1.29, 1.82) is 0 Å². The zero-order valence-electron chi connectivity index (χ0n) is 12.8. The molecule has 1 fully saturated rings. The van der Waals surface area contributed by atoms with Crippen LogP contribution in [0.25, 0.3) is 0 Å². The number of hydrogen-bond donors (Lipinski definition) is 1. The summed E-state index contributed by atoms with van der Waals surface area (Å²) in [4.78, 5) is 0. The summed E-state index contributed by atoms with van der Waals surface area (Å²) in [6.07, 6.45) is 6.51. The normalized spacial score (nSPS) is 18.6. The summed E-state index contributed by atoms with van der Waals surface area (Å²) in [6.45, 7) is 4.46. The zero-order chi connectivity index (χ0) is 13.9. The van der Waals surface area contributed by atoms with Gasteiger partial charge in [-0.05, 0) is 49.1 Å². The molecular weight excluding hydrogens is 234 g/mol. The second kappa shape index (κ2) is 5.96. The van der Waals surface area contributed by atoms with Crippen LogP contribution in [0.4, 0.5) is 0 Å². The number of nitrogens with one attached hydrogen (secondary N) is 1. The molecule has 1 aliphatic carbocycles. The highest BCUT2D eigenvalue weighted by molar-refractivity contribution is 5.42. The third kappa shape index (κ3) is 2.79. The maximum Gasteiger partial charge on any atom is 0.122 e. The first-order valence-corrected chi connectivity index (χ1v) is 7.50. The molecule has 0 unspecified atom stereocenters. The van der Waals surface area contributed by atoms with Gasteiger partial charge in [0, 0.05) is 5.54 Å². The Morgan fingerprint density at radius 2 is 1.84 bits per heavy atom. The number of benzene rings is 1. The van der Waals surface area contributed by atoms with E-state index in [4.69, 9.17) is 4.74 Å². The maximum atomic E-state index is 5.50. The third-order valence-corrected chi connectivity index (χ3v) is 4.59. The van der Waals surface area contributed by atoms with Crippen LogP contribution in [0.15, 0.2) is 18.2 Å².